The average Bonchev–Trinajstić information content (AvgIpc) is 3.10. The Hall–Kier alpha value is -3.19. The highest BCUT2D eigenvalue weighted by Gasteiger charge is 2.13. The number of hydrogen-bond acceptors (Lipinski definition) is 4. The van der Waals surface area contributed by atoms with Crippen molar-refractivity contribution in [1.82, 2.24) is 14.9 Å². The number of aryl methyl sites for hydroxylation is 1. The number of H-pyrrole nitrogens is 1. The van der Waals surface area contributed by atoms with Crippen molar-refractivity contribution < 1.29 is 4.79 Å². The van der Waals surface area contributed by atoms with Gasteiger partial charge in [0.05, 0.1) is 16.8 Å². The van der Waals surface area contributed by atoms with E-state index in [-0.39, 0.29) is 11.5 Å². The summed E-state index contributed by atoms with van der Waals surface area (Å²) in [6.07, 6.45) is 0.764. The standard InChI is InChI=1S/C21H20N4O2S/c1-3-13-11-18(26)15-10-14(8-9-16(15)22-13)23-21(27)25(2)12-20-24-17-6-4-5-7-19(17)28-20/h4-11H,3,12H2,1-2H3,(H,22,26)(H,23,27). The van der Waals surface area contributed by atoms with Gasteiger partial charge in [-0.2, -0.15) is 0 Å². The molecule has 2 heterocycles. The topological polar surface area (TPSA) is 78.1 Å². The molecule has 4 aromatic rings. The second kappa shape index (κ2) is 7.44. The first-order chi connectivity index (χ1) is 13.5. The van der Waals surface area contributed by atoms with E-state index in [0.717, 1.165) is 32.9 Å². The number of fused-ring (bicyclic) bond motifs is 2. The van der Waals surface area contributed by atoms with Crippen molar-refractivity contribution in [1.29, 1.82) is 0 Å². The van der Waals surface area contributed by atoms with Crippen LogP contribution in [0.25, 0.3) is 21.1 Å². The molecular formula is C21H20N4O2S. The lowest BCUT2D eigenvalue weighted by Crippen LogP contribution is -2.30. The molecule has 28 heavy (non-hydrogen) atoms. The number of amides is 2. The Bertz CT molecular complexity index is 1200. The maximum Gasteiger partial charge on any atom is 0.321 e. The molecule has 0 saturated heterocycles. The maximum absolute atomic E-state index is 12.6. The number of rotatable bonds is 4. The van der Waals surface area contributed by atoms with E-state index in [4.69, 9.17) is 0 Å². The molecule has 0 aliphatic heterocycles. The first kappa shape index (κ1) is 18.2. The highest BCUT2D eigenvalue weighted by molar-refractivity contribution is 7.18. The average molecular weight is 392 g/mol. The Kier molecular flexibility index (Phi) is 4.83. The Morgan fingerprint density at radius 1 is 1.21 bits per heavy atom. The fourth-order valence-corrected chi connectivity index (χ4v) is 4.07. The van der Waals surface area contributed by atoms with Gasteiger partial charge in [-0.25, -0.2) is 9.78 Å². The minimum Gasteiger partial charge on any atom is -0.358 e. The van der Waals surface area contributed by atoms with E-state index in [2.05, 4.69) is 15.3 Å². The van der Waals surface area contributed by atoms with Gasteiger partial charge in [0.2, 0.25) is 0 Å². The third-order valence-corrected chi connectivity index (χ3v) is 5.60. The highest BCUT2D eigenvalue weighted by atomic mass is 32.1. The number of urea groups is 1. The molecule has 2 aromatic carbocycles. The Morgan fingerprint density at radius 3 is 2.82 bits per heavy atom. The summed E-state index contributed by atoms with van der Waals surface area (Å²) in [4.78, 5) is 34.2. The number of aromatic nitrogens is 2. The first-order valence-electron chi connectivity index (χ1n) is 9.06. The van der Waals surface area contributed by atoms with E-state index in [1.807, 2.05) is 37.3 Å². The summed E-state index contributed by atoms with van der Waals surface area (Å²) in [6.45, 7) is 2.41. The van der Waals surface area contributed by atoms with Crippen molar-refractivity contribution >= 4 is 44.2 Å². The monoisotopic (exact) mass is 392 g/mol. The number of nitrogens with zero attached hydrogens (tertiary/aromatic N) is 2. The van der Waals surface area contributed by atoms with Gasteiger partial charge in [-0.3, -0.25) is 4.79 Å². The van der Waals surface area contributed by atoms with E-state index in [9.17, 15) is 9.59 Å². The van der Waals surface area contributed by atoms with E-state index in [0.29, 0.717) is 17.6 Å². The van der Waals surface area contributed by atoms with Gasteiger partial charge in [0.1, 0.15) is 5.01 Å². The molecular weight excluding hydrogens is 372 g/mol. The largest absolute Gasteiger partial charge is 0.358 e. The Morgan fingerprint density at radius 2 is 2.04 bits per heavy atom. The van der Waals surface area contributed by atoms with E-state index in [1.165, 1.54) is 0 Å². The van der Waals surface area contributed by atoms with Crippen LogP contribution >= 0.6 is 11.3 Å². The van der Waals surface area contributed by atoms with E-state index >= 15 is 0 Å². The predicted octanol–water partition coefficient (Wildman–Crippen LogP) is 4.36. The van der Waals surface area contributed by atoms with Gasteiger partial charge in [0, 0.05) is 35.4 Å². The van der Waals surface area contributed by atoms with Crippen molar-refractivity contribution in [3.63, 3.8) is 0 Å². The molecule has 2 N–H and O–H groups in total. The molecule has 2 amide bonds. The van der Waals surface area contributed by atoms with Crippen LogP contribution in [0.4, 0.5) is 10.5 Å². The van der Waals surface area contributed by atoms with Gasteiger partial charge in [-0.1, -0.05) is 19.1 Å². The van der Waals surface area contributed by atoms with Crippen molar-refractivity contribution in [2.45, 2.75) is 19.9 Å². The molecule has 0 unspecified atom stereocenters. The van der Waals surface area contributed by atoms with Crippen LogP contribution in [-0.2, 0) is 13.0 Å². The van der Waals surface area contributed by atoms with Crippen LogP contribution in [0.1, 0.15) is 17.6 Å². The number of para-hydroxylation sites is 1. The summed E-state index contributed by atoms with van der Waals surface area (Å²) in [5.41, 5.74) is 3.14. The molecule has 0 bridgehead atoms. The van der Waals surface area contributed by atoms with Crippen LogP contribution in [0.15, 0.2) is 53.3 Å². The van der Waals surface area contributed by atoms with E-state index < -0.39 is 0 Å². The number of nitrogens with one attached hydrogen (secondary N) is 2. The van der Waals surface area contributed by atoms with Crippen molar-refractivity contribution in [2.75, 3.05) is 12.4 Å². The first-order valence-corrected chi connectivity index (χ1v) is 9.87. The predicted molar refractivity (Wildman–Crippen MR) is 114 cm³/mol. The zero-order valence-corrected chi connectivity index (χ0v) is 16.5. The smallest absolute Gasteiger partial charge is 0.321 e. The van der Waals surface area contributed by atoms with Gasteiger partial charge in [0.15, 0.2) is 5.43 Å². The van der Waals surface area contributed by atoms with Crippen LogP contribution in [0.5, 0.6) is 0 Å². The van der Waals surface area contributed by atoms with Crippen LogP contribution in [0.3, 0.4) is 0 Å². The molecule has 0 radical (unpaired) electrons. The molecule has 142 valence electrons. The number of thiazole rings is 1. The molecule has 0 aliphatic carbocycles. The Balaban J connectivity index is 1.50. The highest BCUT2D eigenvalue weighted by Crippen LogP contribution is 2.23. The van der Waals surface area contributed by atoms with Gasteiger partial charge in [0.25, 0.3) is 0 Å². The van der Waals surface area contributed by atoms with Gasteiger partial charge in [-0.15, -0.1) is 11.3 Å². The molecule has 2 aromatic heterocycles. The fourth-order valence-electron chi connectivity index (χ4n) is 3.05. The van der Waals surface area contributed by atoms with Crippen molar-refractivity contribution in [3.05, 3.63) is 69.5 Å². The van der Waals surface area contributed by atoms with Crippen LogP contribution in [0, 0.1) is 0 Å². The minimum absolute atomic E-state index is 0.0514. The van der Waals surface area contributed by atoms with Crippen LogP contribution in [-0.4, -0.2) is 27.9 Å². The summed E-state index contributed by atoms with van der Waals surface area (Å²) < 4.78 is 1.10. The lowest BCUT2D eigenvalue weighted by Gasteiger charge is -2.17. The summed E-state index contributed by atoms with van der Waals surface area (Å²) in [5, 5.41) is 4.29. The SMILES string of the molecule is CCc1cc(=O)c2cc(NC(=O)N(C)Cc3nc4ccccc4s3)ccc2[nH]1. The zero-order chi connectivity index (χ0) is 19.7. The summed E-state index contributed by atoms with van der Waals surface area (Å²) in [5.74, 6) is 0. The summed E-state index contributed by atoms with van der Waals surface area (Å²) in [6, 6.07) is 14.6. The summed E-state index contributed by atoms with van der Waals surface area (Å²) >= 11 is 1.58. The van der Waals surface area contributed by atoms with Gasteiger partial charge < -0.3 is 15.2 Å². The van der Waals surface area contributed by atoms with Crippen molar-refractivity contribution in [3.8, 4) is 0 Å². The number of anilines is 1. The normalized spacial score (nSPS) is 11.1. The van der Waals surface area contributed by atoms with Crippen molar-refractivity contribution in [2.24, 2.45) is 0 Å². The second-order valence-electron chi connectivity index (χ2n) is 6.63. The number of aromatic amines is 1. The zero-order valence-electron chi connectivity index (χ0n) is 15.7. The fraction of sp³-hybridized carbons (Fsp3) is 0.190. The van der Waals surface area contributed by atoms with E-state index in [1.54, 1.807) is 41.5 Å². The minimum atomic E-state index is -0.250. The molecule has 6 nitrogen and oxygen atoms in total. The van der Waals surface area contributed by atoms with Gasteiger partial charge in [-0.05, 0) is 36.8 Å². The lowest BCUT2D eigenvalue weighted by molar-refractivity contribution is 0.220. The number of benzene rings is 2. The second-order valence-corrected chi connectivity index (χ2v) is 7.75. The molecule has 0 atom stereocenters. The molecule has 0 fully saturated rings. The number of carbonyl (C=O) groups excluding carboxylic acids is 1. The molecule has 7 heteroatoms. The number of hydrogen-bond donors (Lipinski definition) is 2. The third-order valence-electron chi connectivity index (χ3n) is 4.58. The van der Waals surface area contributed by atoms with Gasteiger partial charge >= 0.3 is 6.03 Å². The van der Waals surface area contributed by atoms with Crippen LogP contribution < -0.4 is 10.7 Å². The molecule has 0 spiro atoms. The third kappa shape index (κ3) is 3.61. The Labute approximate surface area is 165 Å². The summed E-state index contributed by atoms with van der Waals surface area (Å²) in [7, 11) is 1.72. The molecule has 4 rings (SSSR count). The van der Waals surface area contributed by atoms with Crippen LogP contribution in [0.2, 0.25) is 0 Å². The lowest BCUT2D eigenvalue weighted by atomic mass is 10.1. The number of pyridine rings is 1. The molecule has 0 aliphatic rings. The molecule has 0 saturated carbocycles. The number of carbonyl (C=O) groups is 1. The maximum atomic E-state index is 12.6. The quantitative estimate of drug-likeness (QED) is 0.541.